The molecule has 3 N–H and O–H groups in total. The highest BCUT2D eigenvalue weighted by atomic mass is 35.5. The molecule has 4 nitrogen and oxygen atoms in total. The van der Waals surface area contributed by atoms with Gasteiger partial charge in [0.05, 0.1) is 6.10 Å². The van der Waals surface area contributed by atoms with Crippen LogP contribution in [0.25, 0.3) is 0 Å². The van der Waals surface area contributed by atoms with Crippen molar-refractivity contribution in [1.29, 1.82) is 0 Å². The number of nitrogens with one attached hydrogen (secondary N) is 2. The van der Waals surface area contributed by atoms with Gasteiger partial charge >= 0.3 is 6.03 Å². The van der Waals surface area contributed by atoms with Gasteiger partial charge in [-0.25, -0.2) is 4.79 Å². The van der Waals surface area contributed by atoms with Crippen molar-refractivity contribution in [2.45, 2.75) is 32.8 Å². The molecule has 0 fully saturated rings. The molecular formula is C19H23ClN2O2. The van der Waals surface area contributed by atoms with Crippen LogP contribution < -0.4 is 10.6 Å². The van der Waals surface area contributed by atoms with E-state index < -0.39 is 6.10 Å². The van der Waals surface area contributed by atoms with Gasteiger partial charge < -0.3 is 15.7 Å². The van der Waals surface area contributed by atoms with Gasteiger partial charge in [-0.3, -0.25) is 0 Å². The number of halogens is 1. The molecule has 2 amide bonds. The predicted octanol–water partition coefficient (Wildman–Crippen LogP) is 4.63. The molecule has 24 heavy (non-hydrogen) atoms. The molecule has 0 spiro atoms. The quantitative estimate of drug-likeness (QED) is 0.739. The van der Waals surface area contributed by atoms with Gasteiger partial charge in [0.1, 0.15) is 0 Å². The second kappa shape index (κ2) is 8.18. The number of para-hydroxylation sites is 1. The molecular weight excluding hydrogens is 324 g/mol. The second-order valence-corrected chi connectivity index (χ2v) is 6.47. The van der Waals surface area contributed by atoms with Crippen molar-refractivity contribution >= 4 is 23.3 Å². The summed E-state index contributed by atoms with van der Waals surface area (Å²) in [6.07, 6.45) is -0.856. The van der Waals surface area contributed by atoms with E-state index in [9.17, 15) is 9.90 Å². The first-order valence-corrected chi connectivity index (χ1v) is 8.34. The summed E-state index contributed by atoms with van der Waals surface area (Å²) in [4.78, 5) is 12.2. The average molecular weight is 347 g/mol. The molecule has 0 heterocycles. The van der Waals surface area contributed by atoms with Gasteiger partial charge in [-0.15, -0.1) is 0 Å². The lowest BCUT2D eigenvalue weighted by molar-refractivity contribution is 0.175. The van der Waals surface area contributed by atoms with Crippen molar-refractivity contribution in [3.63, 3.8) is 0 Å². The van der Waals surface area contributed by atoms with E-state index in [4.69, 9.17) is 11.6 Å². The number of hydrogen-bond acceptors (Lipinski definition) is 2. The summed E-state index contributed by atoms with van der Waals surface area (Å²) in [6, 6.07) is 12.6. The monoisotopic (exact) mass is 346 g/mol. The zero-order valence-corrected chi connectivity index (χ0v) is 14.9. The Labute approximate surface area is 147 Å². The molecule has 2 aromatic carbocycles. The van der Waals surface area contributed by atoms with E-state index >= 15 is 0 Å². The van der Waals surface area contributed by atoms with E-state index in [1.807, 2.05) is 25.1 Å². The summed E-state index contributed by atoms with van der Waals surface area (Å²) < 4.78 is 0. The fourth-order valence-corrected chi connectivity index (χ4v) is 2.81. The number of aliphatic hydroxyl groups excluding tert-OH is 1. The number of rotatable bonds is 5. The van der Waals surface area contributed by atoms with Crippen molar-refractivity contribution < 1.29 is 9.90 Å². The fourth-order valence-electron chi connectivity index (χ4n) is 2.54. The van der Waals surface area contributed by atoms with E-state index in [0.29, 0.717) is 16.5 Å². The molecule has 0 radical (unpaired) electrons. The minimum Gasteiger partial charge on any atom is -0.387 e. The first-order chi connectivity index (χ1) is 11.4. The molecule has 0 bridgehead atoms. The lowest BCUT2D eigenvalue weighted by Gasteiger charge is -2.18. The Bertz CT molecular complexity index is 716. The van der Waals surface area contributed by atoms with Gasteiger partial charge in [0.15, 0.2) is 0 Å². The molecule has 2 rings (SSSR count). The highest BCUT2D eigenvalue weighted by Gasteiger charge is 2.15. The number of amides is 2. The molecule has 1 unspecified atom stereocenters. The maximum absolute atomic E-state index is 12.2. The number of hydrogen-bond donors (Lipinski definition) is 3. The summed E-state index contributed by atoms with van der Waals surface area (Å²) in [6.45, 7) is 6.20. The van der Waals surface area contributed by atoms with Crippen LogP contribution in [0.4, 0.5) is 10.5 Å². The largest absolute Gasteiger partial charge is 0.387 e. The summed E-state index contributed by atoms with van der Waals surface area (Å²) >= 11 is 6.05. The van der Waals surface area contributed by atoms with E-state index in [0.717, 1.165) is 16.8 Å². The van der Waals surface area contributed by atoms with Crippen molar-refractivity contribution in [2.24, 2.45) is 0 Å². The minimum atomic E-state index is -0.856. The van der Waals surface area contributed by atoms with Gasteiger partial charge in [-0.05, 0) is 30.0 Å². The standard InChI is InChI=1S/C19H23ClN2O2/c1-12(2)14-9-6-7-13(3)18(14)22-19(24)21-11-17(23)15-8-4-5-10-16(15)20/h4-10,12,17,23H,11H2,1-3H3,(H2,21,22,24). The van der Waals surface area contributed by atoms with E-state index in [-0.39, 0.29) is 12.6 Å². The Morgan fingerprint density at radius 2 is 1.79 bits per heavy atom. The van der Waals surface area contributed by atoms with Gasteiger partial charge in [0, 0.05) is 22.8 Å². The molecule has 0 aliphatic rings. The van der Waals surface area contributed by atoms with Crippen molar-refractivity contribution in [2.75, 3.05) is 11.9 Å². The number of carbonyl (C=O) groups excluding carboxylic acids is 1. The number of carbonyl (C=O) groups is 1. The van der Waals surface area contributed by atoms with Gasteiger partial charge in [-0.1, -0.05) is 61.8 Å². The zero-order chi connectivity index (χ0) is 17.7. The van der Waals surface area contributed by atoms with E-state index in [1.165, 1.54) is 0 Å². The molecule has 2 aromatic rings. The number of aliphatic hydroxyl groups is 1. The van der Waals surface area contributed by atoms with Crippen LogP contribution in [-0.2, 0) is 0 Å². The summed E-state index contributed by atoms with van der Waals surface area (Å²) in [7, 11) is 0. The lowest BCUT2D eigenvalue weighted by atomic mass is 9.98. The third-order valence-corrected chi connectivity index (χ3v) is 4.23. The Balaban J connectivity index is 2.01. The van der Waals surface area contributed by atoms with Crippen molar-refractivity contribution in [3.05, 3.63) is 64.2 Å². The highest BCUT2D eigenvalue weighted by Crippen LogP contribution is 2.27. The Morgan fingerprint density at radius 3 is 2.46 bits per heavy atom. The van der Waals surface area contributed by atoms with Gasteiger partial charge in [0.2, 0.25) is 0 Å². The molecule has 5 heteroatoms. The second-order valence-electron chi connectivity index (χ2n) is 6.07. The van der Waals surface area contributed by atoms with Crippen LogP contribution in [0.3, 0.4) is 0 Å². The van der Waals surface area contributed by atoms with Crippen LogP contribution in [0.2, 0.25) is 5.02 Å². The number of benzene rings is 2. The third kappa shape index (κ3) is 4.49. The first-order valence-electron chi connectivity index (χ1n) is 7.97. The predicted molar refractivity (Wildman–Crippen MR) is 98.7 cm³/mol. The van der Waals surface area contributed by atoms with Crippen LogP contribution in [-0.4, -0.2) is 17.7 Å². The molecule has 0 saturated carbocycles. The number of anilines is 1. The SMILES string of the molecule is Cc1cccc(C(C)C)c1NC(=O)NCC(O)c1ccccc1Cl. The summed E-state index contributed by atoms with van der Waals surface area (Å²) in [5.74, 6) is 0.300. The van der Waals surface area contributed by atoms with Crippen molar-refractivity contribution in [1.82, 2.24) is 5.32 Å². The summed E-state index contributed by atoms with van der Waals surface area (Å²) in [5, 5.41) is 16.2. The van der Waals surface area contributed by atoms with Crippen LogP contribution in [0.5, 0.6) is 0 Å². The molecule has 128 valence electrons. The van der Waals surface area contributed by atoms with Crippen LogP contribution in [0.1, 0.15) is 42.6 Å². The lowest BCUT2D eigenvalue weighted by Crippen LogP contribution is -2.33. The topological polar surface area (TPSA) is 61.4 Å². The number of urea groups is 1. The highest BCUT2D eigenvalue weighted by molar-refractivity contribution is 6.31. The van der Waals surface area contributed by atoms with E-state index in [1.54, 1.807) is 24.3 Å². The first kappa shape index (κ1) is 18.3. The third-order valence-electron chi connectivity index (χ3n) is 3.89. The number of aryl methyl sites for hydroxylation is 1. The Kier molecular flexibility index (Phi) is 6.23. The van der Waals surface area contributed by atoms with Gasteiger partial charge in [-0.2, -0.15) is 0 Å². The normalized spacial score (nSPS) is 12.1. The molecule has 0 aliphatic carbocycles. The van der Waals surface area contributed by atoms with E-state index in [2.05, 4.69) is 24.5 Å². The van der Waals surface area contributed by atoms with Crippen LogP contribution in [0, 0.1) is 6.92 Å². The molecule has 0 aromatic heterocycles. The average Bonchev–Trinajstić information content (AvgIpc) is 2.54. The van der Waals surface area contributed by atoms with Gasteiger partial charge in [0.25, 0.3) is 0 Å². The molecule has 0 aliphatic heterocycles. The Morgan fingerprint density at radius 1 is 1.12 bits per heavy atom. The van der Waals surface area contributed by atoms with Crippen LogP contribution in [0.15, 0.2) is 42.5 Å². The smallest absolute Gasteiger partial charge is 0.319 e. The fraction of sp³-hybridized carbons (Fsp3) is 0.316. The Hall–Kier alpha value is -2.04. The van der Waals surface area contributed by atoms with Crippen molar-refractivity contribution in [3.8, 4) is 0 Å². The molecule has 1 atom stereocenters. The van der Waals surface area contributed by atoms with Crippen LogP contribution >= 0.6 is 11.6 Å². The maximum atomic E-state index is 12.2. The summed E-state index contributed by atoms with van der Waals surface area (Å²) in [5.41, 5.74) is 3.50. The minimum absolute atomic E-state index is 0.0818. The maximum Gasteiger partial charge on any atom is 0.319 e. The zero-order valence-electron chi connectivity index (χ0n) is 14.1. The molecule has 0 saturated heterocycles.